The minimum Gasteiger partial charge on any atom is -0.352 e. The van der Waals surface area contributed by atoms with Crippen LogP contribution in [0.3, 0.4) is 0 Å². The molecule has 7 nitrogen and oxygen atoms in total. The lowest BCUT2D eigenvalue weighted by Crippen LogP contribution is -2.52. The summed E-state index contributed by atoms with van der Waals surface area (Å²) in [7, 11) is -3.55. The van der Waals surface area contributed by atoms with Crippen molar-refractivity contribution in [3.63, 3.8) is 0 Å². The van der Waals surface area contributed by atoms with E-state index >= 15 is 0 Å². The third kappa shape index (κ3) is 9.93. The molecular weight excluding hydrogens is 626 g/mol. The van der Waals surface area contributed by atoms with Crippen molar-refractivity contribution in [2.45, 2.75) is 76.9 Å². The van der Waals surface area contributed by atoms with Gasteiger partial charge in [0.05, 0.1) is 11.9 Å². The van der Waals surface area contributed by atoms with Crippen LogP contribution in [-0.4, -0.2) is 50.0 Å². The molecule has 0 aromatic heterocycles. The zero-order valence-electron chi connectivity index (χ0n) is 25.0. The summed E-state index contributed by atoms with van der Waals surface area (Å²) in [6.07, 6.45) is 7.26. The molecule has 3 aromatic rings. The van der Waals surface area contributed by atoms with E-state index in [1.54, 1.807) is 17.0 Å². The molecule has 1 atom stereocenters. The number of amides is 2. The van der Waals surface area contributed by atoms with Crippen molar-refractivity contribution >= 4 is 43.5 Å². The summed E-state index contributed by atoms with van der Waals surface area (Å²) in [5.74, 6) is -0.321. The number of rotatable bonds is 13. The van der Waals surface area contributed by atoms with E-state index in [0.717, 1.165) is 46.8 Å². The maximum atomic E-state index is 14.0. The van der Waals surface area contributed by atoms with Crippen molar-refractivity contribution in [1.29, 1.82) is 0 Å². The first-order chi connectivity index (χ1) is 20.6. The first kappa shape index (κ1) is 32.7. The molecule has 1 saturated carbocycles. The number of carbonyl (C=O) groups excluding carboxylic acids is 2. The lowest BCUT2D eigenvalue weighted by Gasteiger charge is -2.34. The Labute approximate surface area is 264 Å². The molecule has 0 spiro atoms. The molecule has 0 unspecified atom stereocenters. The summed E-state index contributed by atoms with van der Waals surface area (Å²) in [5, 5.41) is 3.26. The Balaban J connectivity index is 1.58. The second kappa shape index (κ2) is 15.5. The van der Waals surface area contributed by atoms with Crippen LogP contribution in [0.2, 0.25) is 0 Å². The lowest BCUT2D eigenvalue weighted by atomic mass is 9.94. The molecule has 9 heteroatoms. The van der Waals surface area contributed by atoms with E-state index in [0.29, 0.717) is 18.5 Å². The van der Waals surface area contributed by atoms with Gasteiger partial charge in [-0.2, -0.15) is 0 Å². The minimum absolute atomic E-state index is 0.108. The van der Waals surface area contributed by atoms with Crippen molar-refractivity contribution in [2.75, 3.05) is 17.1 Å². The Morgan fingerprint density at radius 1 is 0.907 bits per heavy atom. The van der Waals surface area contributed by atoms with Crippen molar-refractivity contribution in [2.24, 2.45) is 0 Å². The number of aryl methyl sites for hydroxylation is 1. The van der Waals surface area contributed by atoms with Crippen LogP contribution in [-0.2, 0) is 32.6 Å². The zero-order chi connectivity index (χ0) is 30.8. The molecule has 2 amide bonds. The lowest BCUT2D eigenvalue weighted by molar-refractivity contribution is -0.141. The van der Waals surface area contributed by atoms with E-state index in [4.69, 9.17) is 0 Å². The molecule has 0 heterocycles. The third-order valence-electron chi connectivity index (χ3n) is 7.96. The predicted molar refractivity (Wildman–Crippen MR) is 176 cm³/mol. The van der Waals surface area contributed by atoms with Crippen molar-refractivity contribution in [3.8, 4) is 0 Å². The van der Waals surface area contributed by atoms with Gasteiger partial charge in [-0.05, 0) is 61.6 Å². The van der Waals surface area contributed by atoms with Gasteiger partial charge in [0.25, 0.3) is 0 Å². The van der Waals surface area contributed by atoms with Crippen LogP contribution in [0, 0.1) is 6.92 Å². The highest BCUT2D eigenvalue weighted by Gasteiger charge is 2.32. The summed E-state index contributed by atoms with van der Waals surface area (Å²) in [6.45, 7) is 2.39. The van der Waals surface area contributed by atoms with Crippen molar-refractivity contribution in [1.82, 2.24) is 10.2 Å². The Morgan fingerprint density at radius 2 is 1.56 bits per heavy atom. The molecule has 1 N–H and O–H groups in total. The highest BCUT2D eigenvalue weighted by Crippen LogP contribution is 2.23. The first-order valence-electron chi connectivity index (χ1n) is 15.0. The number of hydrogen-bond donors (Lipinski definition) is 1. The number of sulfonamides is 1. The van der Waals surface area contributed by atoms with Gasteiger partial charge in [-0.25, -0.2) is 8.42 Å². The number of nitrogens with one attached hydrogen (secondary N) is 1. The Hall–Kier alpha value is -3.17. The summed E-state index contributed by atoms with van der Waals surface area (Å²) in [6, 6.07) is 24.3. The Bertz CT molecular complexity index is 1440. The van der Waals surface area contributed by atoms with Crippen LogP contribution in [0.1, 0.15) is 61.6 Å². The molecule has 0 aliphatic heterocycles. The first-order valence-corrected chi connectivity index (χ1v) is 17.7. The second-order valence-corrected chi connectivity index (χ2v) is 14.3. The van der Waals surface area contributed by atoms with E-state index < -0.39 is 16.1 Å². The van der Waals surface area contributed by atoms with Crippen molar-refractivity contribution < 1.29 is 18.0 Å². The molecule has 1 aliphatic carbocycles. The van der Waals surface area contributed by atoms with Gasteiger partial charge in [0.2, 0.25) is 21.8 Å². The van der Waals surface area contributed by atoms with E-state index in [1.807, 2.05) is 73.7 Å². The Kier molecular flexibility index (Phi) is 11.8. The highest BCUT2D eigenvalue weighted by atomic mass is 79.9. The van der Waals surface area contributed by atoms with Gasteiger partial charge in [-0.3, -0.25) is 13.9 Å². The van der Waals surface area contributed by atoms with Crippen LogP contribution in [0.4, 0.5) is 5.69 Å². The topological polar surface area (TPSA) is 86.8 Å². The molecule has 230 valence electrons. The molecular formula is C34H42BrN3O4S. The van der Waals surface area contributed by atoms with Gasteiger partial charge in [-0.15, -0.1) is 0 Å². The van der Waals surface area contributed by atoms with Crippen LogP contribution in [0.15, 0.2) is 83.3 Å². The molecule has 0 saturated heterocycles. The molecule has 3 aromatic carbocycles. The zero-order valence-corrected chi connectivity index (χ0v) is 27.4. The SMILES string of the molecule is Cc1ccc(N(CCCC(=O)N(Cc2ccc(Br)cc2)[C@H](Cc2ccccc2)C(=O)NC2CCCCC2)S(C)(=O)=O)cc1. The minimum atomic E-state index is -3.55. The molecule has 43 heavy (non-hydrogen) atoms. The number of anilines is 1. The van der Waals surface area contributed by atoms with E-state index in [-0.39, 0.29) is 37.4 Å². The maximum Gasteiger partial charge on any atom is 0.243 e. The molecule has 1 aliphatic rings. The fraction of sp³-hybridized carbons (Fsp3) is 0.412. The van der Waals surface area contributed by atoms with E-state index in [9.17, 15) is 18.0 Å². The number of hydrogen-bond acceptors (Lipinski definition) is 4. The molecule has 1 fully saturated rings. The van der Waals surface area contributed by atoms with Gasteiger partial charge in [0, 0.05) is 36.4 Å². The van der Waals surface area contributed by atoms with Crippen LogP contribution >= 0.6 is 15.9 Å². The standard InChI is InChI=1S/C34H42BrN3O4S/c1-26-15-21-31(22-16-26)38(43(2,41)42)23-9-14-33(39)37(25-28-17-19-29(35)20-18-28)32(24-27-10-5-3-6-11-27)34(40)36-30-12-7-4-8-13-30/h3,5-6,10-11,15-22,30,32H,4,7-9,12-14,23-25H2,1-2H3,(H,36,40)/t32-/m1/s1. The quantitative estimate of drug-likeness (QED) is 0.229. The normalized spacial score (nSPS) is 14.6. The molecule has 4 rings (SSSR count). The fourth-order valence-corrected chi connectivity index (χ4v) is 6.83. The van der Waals surface area contributed by atoms with Gasteiger partial charge >= 0.3 is 0 Å². The highest BCUT2D eigenvalue weighted by molar-refractivity contribution is 9.10. The predicted octanol–water partition coefficient (Wildman–Crippen LogP) is 6.39. The van der Waals surface area contributed by atoms with Gasteiger partial charge < -0.3 is 10.2 Å². The summed E-state index contributed by atoms with van der Waals surface area (Å²) < 4.78 is 27.6. The third-order valence-corrected chi connectivity index (χ3v) is 9.69. The van der Waals surface area contributed by atoms with Gasteiger partial charge in [0.15, 0.2) is 0 Å². The monoisotopic (exact) mass is 667 g/mol. The average molecular weight is 669 g/mol. The second-order valence-electron chi connectivity index (χ2n) is 11.5. The number of benzene rings is 3. The van der Waals surface area contributed by atoms with Crippen LogP contribution < -0.4 is 9.62 Å². The summed E-state index contributed by atoms with van der Waals surface area (Å²) >= 11 is 3.48. The molecule has 0 bridgehead atoms. The smallest absolute Gasteiger partial charge is 0.243 e. The number of carbonyl (C=O) groups is 2. The average Bonchev–Trinajstić information content (AvgIpc) is 2.99. The largest absolute Gasteiger partial charge is 0.352 e. The Morgan fingerprint density at radius 3 is 2.19 bits per heavy atom. The summed E-state index contributed by atoms with van der Waals surface area (Å²) in [4.78, 5) is 29.6. The van der Waals surface area contributed by atoms with Gasteiger partial charge in [-0.1, -0.05) is 95.4 Å². The van der Waals surface area contributed by atoms with E-state index in [1.165, 1.54) is 17.0 Å². The van der Waals surface area contributed by atoms with E-state index in [2.05, 4.69) is 21.2 Å². The van der Waals surface area contributed by atoms with Crippen LogP contribution in [0.5, 0.6) is 0 Å². The van der Waals surface area contributed by atoms with Crippen LogP contribution in [0.25, 0.3) is 0 Å². The summed E-state index contributed by atoms with van der Waals surface area (Å²) in [5.41, 5.74) is 3.49. The maximum absolute atomic E-state index is 14.0. The molecule has 0 radical (unpaired) electrons. The fourth-order valence-electron chi connectivity index (χ4n) is 5.60. The number of nitrogens with zero attached hydrogens (tertiary/aromatic N) is 2. The number of halogens is 1. The van der Waals surface area contributed by atoms with Gasteiger partial charge in [0.1, 0.15) is 6.04 Å². The van der Waals surface area contributed by atoms with Crippen molar-refractivity contribution in [3.05, 3.63) is 100 Å².